The van der Waals surface area contributed by atoms with E-state index >= 15 is 0 Å². The van der Waals surface area contributed by atoms with Crippen molar-refractivity contribution < 1.29 is 28.5 Å². The number of thiophene rings is 4. The van der Waals surface area contributed by atoms with Gasteiger partial charge in [0.1, 0.15) is 71.6 Å². The molecule has 0 bridgehead atoms. The lowest BCUT2D eigenvalue weighted by Crippen LogP contribution is -2.44. The van der Waals surface area contributed by atoms with Crippen LogP contribution in [0.25, 0.3) is 89.2 Å². The van der Waals surface area contributed by atoms with Gasteiger partial charge in [-0.15, -0.1) is 0 Å². The van der Waals surface area contributed by atoms with Crippen molar-refractivity contribution in [3.8, 4) is 68.0 Å². The summed E-state index contributed by atoms with van der Waals surface area (Å²) in [5, 5.41) is 63.2. The summed E-state index contributed by atoms with van der Waals surface area (Å²) in [6.45, 7) is 7.33. The average molecular weight is 1630 g/mol. The Morgan fingerprint density at radius 1 is 0.431 bits per heavy atom. The zero-order valence-electron chi connectivity index (χ0n) is 64.7. The molecule has 34 heteroatoms. The summed E-state index contributed by atoms with van der Waals surface area (Å²) in [6, 6.07) is 32.3. The Balaban J connectivity index is 0.000000116. The first-order valence-electron chi connectivity index (χ1n) is 37.6. The van der Waals surface area contributed by atoms with E-state index in [1.807, 2.05) is 45.8 Å². The minimum Gasteiger partial charge on any atom is -0.495 e. The number of benzene rings is 4. The van der Waals surface area contributed by atoms with E-state index < -0.39 is 0 Å². The highest BCUT2D eigenvalue weighted by Gasteiger charge is 2.25. The number of likely N-dealkylation sites (N-methyl/N-ethyl adjacent to an activating group) is 1. The molecule has 14 heterocycles. The first-order chi connectivity index (χ1) is 57.0. The van der Waals surface area contributed by atoms with Gasteiger partial charge in [0.15, 0.2) is 22.6 Å². The number of morpholine rings is 1. The van der Waals surface area contributed by atoms with Crippen LogP contribution in [0.3, 0.4) is 0 Å². The molecule has 3 aliphatic rings. The molecule has 1 amide bonds. The van der Waals surface area contributed by atoms with Crippen LogP contribution < -0.4 is 50.0 Å². The molecular weight excluding hydrogens is 1550 g/mol. The van der Waals surface area contributed by atoms with Gasteiger partial charge in [0.05, 0.1) is 109 Å². The Labute approximate surface area is 683 Å². The summed E-state index contributed by atoms with van der Waals surface area (Å²) >= 11 is 6.53. The number of H-pyrrole nitrogens is 4. The van der Waals surface area contributed by atoms with Gasteiger partial charge in [0.25, 0.3) is 5.91 Å². The fourth-order valence-corrected chi connectivity index (χ4v) is 16.9. The standard InChI is InChI=1S/C22H23N5OS.C21H23N7OS.C20H20N6O2S.C19H18N6O2S/c1-28-18-8-7-15(14-5-3-2-4-6-14)11-17(18)25-21-19-20(16-9-10-29-12-16)26-27-22(19)24-13-23-21;1-27-6-8-28(9-7-27)15-3-4-17(29-2)16(11-15)24-20-18-19(14-5-10-30-12-14)25-26-21(18)23-13-22-20;1-27-16-3-2-14(26-5-7-28-8-6-26)10-15(16)23-19-17-18(13-4-9-29-11-13)24-25-20(17)22-12-21-19;1-25(2)19(26)11-4-5-14(27-3)13(8-11)22-17-15-16(12-6-7-28-9-12)23-24-18(15)21-10-20-17/h7-14H,2-6H2,1H3,(H2,23,24,25,26,27);3-5,10-13H,6-9H2,1-2H3,(H2,22,23,24,25,26);2-4,9-12H,5-8H2,1H3,(H2,21,22,23,24,25);4-10H,1-3H3,(H2,20,21,22,23,24). The summed E-state index contributed by atoms with van der Waals surface area (Å²) < 4.78 is 27.8. The van der Waals surface area contributed by atoms with Gasteiger partial charge in [-0.2, -0.15) is 65.7 Å². The predicted octanol–water partition coefficient (Wildman–Crippen LogP) is 16.7. The number of hydrogen-bond acceptors (Lipinski definition) is 29. The Morgan fingerprint density at radius 2 is 0.784 bits per heavy atom. The highest BCUT2D eigenvalue weighted by Crippen LogP contribution is 2.43. The second-order valence-electron chi connectivity index (χ2n) is 27.7. The van der Waals surface area contributed by atoms with Gasteiger partial charge in [0, 0.05) is 114 Å². The molecule has 12 aromatic heterocycles. The van der Waals surface area contributed by atoms with E-state index in [1.165, 1.54) is 67.2 Å². The number of nitrogens with one attached hydrogen (secondary N) is 8. The molecule has 2 saturated heterocycles. The lowest BCUT2D eigenvalue weighted by molar-refractivity contribution is 0.0827. The van der Waals surface area contributed by atoms with Crippen LogP contribution in [0.5, 0.6) is 23.0 Å². The summed E-state index contributed by atoms with van der Waals surface area (Å²) in [7, 11) is 12.2. The van der Waals surface area contributed by atoms with E-state index in [1.54, 1.807) is 112 Å². The minimum atomic E-state index is -0.0965. The second-order valence-corrected chi connectivity index (χ2v) is 30.8. The van der Waals surface area contributed by atoms with E-state index in [2.05, 4.69) is 200 Å². The van der Waals surface area contributed by atoms with Crippen LogP contribution in [0.1, 0.15) is 53.9 Å². The first-order valence-corrected chi connectivity index (χ1v) is 41.4. The molecule has 0 unspecified atom stereocenters. The third-order valence-electron chi connectivity index (χ3n) is 20.4. The molecule has 3 fully saturated rings. The van der Waals surface area contributed by atoms with Crippen molar-refractivity contribution >= 4 is 153 Å². The van der Waals surface area contributed by atoms with Crippen LogP contribution in [0.15, 0.2) is 165 Å². The maximum absolute atomic E-state index is 12.3. The normalized spacial score (nSPS) is 13.8. The first kappa shape index (κ1) is 77.2. The number of rotatable bonds is 20. The zero-order chi connectivity index (χ0) is 79.4. The lowest BCUT2D eigenvalue weighted by Gasteiger charge is -2.34. The Morgan fingerprint density at radius 3 is 1.15 bits per heavy atom. The van der Waals surface area contributed by atoms with Gasteiger partial charge in [-0.1, -0.05) is 25.3 Å². The largest absolute Gasteiger partial charge is 0.495 e. The number of anilines is 10. The topological polar surface area (TPSA) is 342 Å². The van der Waals surface area contributed by atoms with Crippen LogP contribution in [-0.2, 0) is 4.74 Å². The number of aromatic amines is 4. The van der Waals surface area contributed by atoms with Crippen LogP contribution in [-0.4, -0.2) is 198 Å². The third-order valence-corrected chi connectivity index (χ3v) is 23.2. The fourth-order valence-electron chi connectivity index (χ4n) is 14.4. The molecule has 2 aliphatic heterocycles. The van der Waals surface area contributed by atoms with Gasteiger partial charge < -0.3 is 64.6 Å². The summed E-state index contributed by atoms with van der Waals surface area (Å²) in [5.74, 6) is 6.12. The monoisotopic (exact) mass is 1630 g/mol. The van der Waals surface area contributed by atoms with Crippen molar-refractivity contribution in [2.75, 3.05) is 133 Å². The molecule has 4 aromatic carbocycles. The molecule has 0 radical (unpaired) electrons. The zero-order valence-corrected chi connectivity index (χ0v) is 67.9. The van der Waals surface area contributed by atoms with Crippen molar-refractivity contribution in [1.82, 2.24) is 90.5 Å². The van der Waals surface area contributed by atoms with Gasteiger partial charge in [-0.25, -0.2) is 39.9 Å². The molecule has 1 saturated carbocycles. The molecular formula is C82H84N24O6S4. The van der Waals surface area contributed by atoms with Gasteiger partial charge >= 0.3 is 0 Å². The Hall–Kier alpha value is -12.7. The SMILES string of the molecule is COc1ccc(C(=O)N(C)C)cc1Nc1ncnc2n[nH]c(-c3ccsc3)c12.COc1ccc(C2CCCCC2)cc1Nc1ncnc2n[nH]c(-c3ccsc3)c12.COc1ccc(N2CCN(C)CC2)cc1Nc1ncnc2n[nH]c(-c3ccsc3)c12.COc1ccc(N2CCOCC2)cc1Nc1ncnc2n[nH]c(-c3ccsc3)c12. The van der Waals surface area contributed by atoms with Crippen LogP contribution >= 0.6 is 45.3 Å². The van der Waals surface area contributed by atoms with Gasteiger partial charge in [-0.3, -0.25) is 25.2 Å². The molecule has 0 spiro atoms. The number of fused-ring (bicyclic) bond motifs is 4. The molecule has 116 heavy (non-hydrogen) atoms. The van der Waals surface area contributed by atoms with Crippen LogP contribution in [0.2, 0.25) is 0 Å². The predicted molar refractivity (Wildman–Crippen MR) is 462 cm³/mol. The number of carbonyl (C=O) groups excluding carboxylic acids is 1. The smallest absolute Gasteiger partial charge is 0.253 e. The van der Waals surface area contributed by atoms with Gasteiger partial charge in [-0.05, 0) is 144 Å². The number of hydrogen-bond donors (Lipinski definition) is 8. The van der Waals surface area contributed by atoms with Crippen LogP contribution in [0.4, 0.5) is 57.4 Å². The maximum atomic E-state index is 12.3. The van der Waals surface area contributed by atoms with E-state index in [9.17, 15) is 4.79 Å². The molecule has 592 valence electrons. The number of ether oxygens (including phenoxy) is 5. The molecule has 0 atom stereocenters. The Kier molecular flexibility index (Phi) is 23.8. The van der Waals surface area contributed by atoms with Gasteiger partial charge in [0.2, 0.25) is 0 Å². The number of amides is 1. The quantitative estimate of drug-likeness (QED) is 0.0351. The number of piperazine rings is 1. The van der Waals surface area contributed by atoms with E-state index in [0.717, 1.165) is 165 Å². The van der Waals surface area contributed by atoms with Crippen molar-refractivity contribution in [3.63, 3.8) is 0 Å². The molecule has 1 aliphatic carbocycles. The van der Waals surface area contributed by atoms with E-state index in [4.69, 9.17) is 23.7 Å². The van der Waals surface area contributed by atoms with Crippen molar-refractivity contribution in [2.24, 2.45) is 0 Å². The summed E-state index contributed by atoms with van der Waals surface area (Å²) in [6.07, 6.45) is 12.5. The number of nitrogens with zero attached hydrogens (tertiary/aromatic N) is 16. The molecule has 8 N–H and O–H groups in total. The second kappa shape index (κ2) is 35.8. The fraction of sp³-hybridized carbons (Fsp3) is 0.256. The number of carbonyl (C=O) groups is 1. The molecule has 19 rings (SSSR count). The average Bonchev–Trinajstić information content (AvgIpc) is 1.66. The van der Waals surface area contributed by atoms with E-state index in [0.29, 0.717) is 63.0 Å². The summed E-state index contributed by atoms with van der Waals surface area (Å²) in [4.78, 5) is 56.1. The number of methoxy groups -OCH3 is 4. The van der Waals surface area contributed by atoms with Crippen molar-refractivity contribution in [3.05, 3.63) is 177 Å². The van der Waals surface area contributed by atoms with Crippen molar-refractivity contribution in [2.45, 2.75) is 38.0 Å². The Bertz CT molecular complexity index is 5790. The van der Waals surface area contributed by atoms with Crippen LogP contribution in [0, 0.1) is 0 Å². The number of aromatic nitrogens is 16. The third kappa shape index (κ3) is 16.9. The minimum absolute atomic E-state index is 0.0965. The maximum Gasteiger partial charge on any atom is 0.253 e. The highest BCUT2D eigenvalue weighted by atomic mass is 32.1. The molecule has 16 aromatic rings. The van der Waals surface area contributed by atoms with E-state index in [-0.39, 0.29) is 5.91 Å². The molecule has 30 nitrogen and oxygen atoms in total. The lowest BCUT2D eigenvalue weighted by atomic mass is 9.84. The summed E-state index contributed by atoms with van der Waals surface area (Å²) in [5.41, 5.74) is 17.7. The van der Waals surface area contributed by atoms with Crippen molar-refractivity contribution in [1.29, 1.82) is 0 Å². The highest BCUT2D eigenvalue weighted by molar-refractivity contribution is 7.09.